The van der Waals surface area contributed by atoms with E-state index >= 15 is 0 Å². The molecule has 24 heavy (non-hydrogen) atoms. The van der Waals surface area contributed by atoms with E-state index in [1.807, 2.05) is 55.5 Å². The Kier molecular flexibility index (Phi) is 6.49. The van der Waals surface area contributed by atoms with Crippen molar-refractivity contribution in [3.05, 3.63) is 59.7 Å². The van der Waals surface area contributed by atoms with Crippen molar-refractivity contribution < 1.29 is 14.3 Å². The molecule has 1 N–H and O–H groups in total. The molecular weight excluding hydrogens is 304 g/mol. The molecule has 0 aliphatic carbocycles. The molecule has 0 saturated carbocycles. The number of rotatable bonds is 7. The monoisotopic (exact) mass is 328 g/mol. The van der Waals surface area contributed by atoms with Gasteiger partial charge in [0.05, 0.1) is 13.7 Å². The first-order chi connectivity index (χ1) is 11.6. The van der Waals surface area contributed by atoms with Gasteiger partial charge in [0.25, 0.3) is 0 Å². The van der Waals surface area contributed by atoms with Gasteiger partial charge in [-0.1, -0.05) is 30.3 Å². The summed E-state index contributed by atoms with van der Waals surface area (Å²) in [7, 11) is 3.38. The maximum atomic E-state index is 12.1. The van der Waals surface area contributed by atoms with E-state index in [1.54, 1.807) is 19.1 Å². The molecule has 2 rings (SSSR count). The third-order valence-corrected chi connectivity index (χ3v) is 3.73. The average molecular weight is 328 g/mol. The molecular formula is C19H24N2O3. The van der Waals surface area contributed by atoms with E-state index in [4.69, 9.17) is 9.47 Å². The van der Waals surface area contributed by atoms with Gasteiger partial charge in [-0.05, 0) is 36.2 Å². The number of nitrogens with zero attached hydrogens (tertiary/aromatic N) is 1. The first-order valence-corrected chi connectivity index (χ1v) is 7.90. The van der Waals surface area contributed by atoms with Crippen molar-refractivity contribution in [1.82, 2.24) is 10.2 Å². The number of ether oxygens (including phenoxy) is 2. The van der Waals surface area contributed by atoms with Gasteiger partial charge in [-0.3, -0.25) is 0 Å². The quantitative estimate of drug-likeness (QED) is 0.849. The Morgan fingerprint density at radius 2 is 1.83 bits per heavy atom. The van der Waals surface area contributed by atoms with E-state index in [1.165, 1.54) is 0 Å². The summed E-state index contributed by atoms with van der Waals surface area (Å²) in [5.41, 5.74) is 2.11. The molecule has 0 unspecified atom stereocenters. The second-order valence-corrected chi connectivity index (χ2v) is 5.54. The summed E-state index contributed by atoms with van der Waals surface area (Å²) >= 11 is 0. The smallest absolute Gasteiger partial charge is 0.317 e. The molecule has 0 atom stereocenters. The number of methoxy groups -OCH3 is 1. The largest absolute Gasteiger partial charge is 0.497 e. The molecule has 128 valence electrons. The van der Waals surface area contributed by atoms with Crippen LogP contribution in [-0.4, -0.2) is 38.2 Å². The van der Waals surface area contributed by atoms with Gasteiger partial charge in [-0.15, -0.1) is 0 Å². The Morgan fingerprint density at radius 1 is 1.12 bits per heavy atom. The van der Waals surface area contributed by atoms with E-state index in [9.17, 15) is 4.79 Å². The number of para-hydroxylation sites is 1. The van der Waals surface area contributed by atoms with E-state index in [0.29, 0.717) is 19.7 Å². The minimum absolute atomic E-state index is 0.126. The van der Waals surface area contributed by atoms with Crippen LogP contribution in [0.2, 0.25) is 0 Å². The average Bonchev–Trinajstić information content (AvgIpc) is 2.61. The zero-order chi connectivity index (χ0) is 17.4. The number of carbonyl (C=O) groups is 1. The zero-order valence-corrected chi connectivity index (χ0v) is 14.4. The van der Waals surface area contributed by atoms with Crippen molar-refractivity contribution in [3.63, 3.8) is 0 Å². The van der Waals surface area contributed by atoms with Crippen molar-refractivity contribution in [1.29, 1.82) is 0 Å². The first kappa shape index (κ1) is 17.7. The Balaban J connectivity index is 1.72. The van der Waals surface area contributed by atoms with Gasteiger partial charge in [0, 0.05) is 13.6 Å². The van der Waals surface area contributed by atoms with Crippen LogP contribution in [0, 0.1) is 6.92 Å². The highest BCUT2D eigenvalue weighted by atomic mass is 16.5. The highest BCUT2D eigenvalue weighted by molar-refractivity contribution is 5.73. The van der Waals surface area contributed by atoms with E-state index < -0.39 is 0 Å². The molecule has 2 amide bonds. The zero-order valence-electron chi connectivity index (χ0n) is 14.4. The lowest BCUT2D eigenvalue weighted by molar-refractivity contribution is 0.195. The Hall–Kier alpha value is -2.69. The number of hydrogen-bond acceptors (Lipinski definition) is 3. The van der Waals surface area contributed by atoms with Crippen LogP contribution >= 0.6 is 0 Å². The number of amides is 2. The number of aryl methyl sites for hydroxylation is 1. The van der Waals surface area contributed by atoms with Crippen molar-refractivity contribution in [2.24, 2.45) is 0 Å². The number of carbonyl (C=O) groups excluding carboxylic acids is 1. The van der Waals surface area contributed by atoms with Crippen molar-refractivity contribution in [2.75, 3.05) is 27.3 Å². The van der Waals surface area contributed by atoms with Crippen LogP contribution in [0.4, 0.5) is 4.79 Å². The number of likely N-dealkylation sites (N-methyl/N-ethyl adjacent to an activating group) is 1. The molecule has 5 nitrogen and oxygen atoms in total. The maximum absolute atomic E-state index is 12.1. The molecule has 0 bridgehead atoms. The highest BCUT2D eigenvalue weighted by Gasteiger charge is 2.08. The standard InChI is InChI=1S/C19H24N2O3/c1-15-6-4-5-7-18(15)24-13-12-21(2)19(22)20-14-16-8-10-17(23-3)11-9-16/h4-11H,12-14H2,1-3H3,(H,20,22). The van der Waals surface area contributed by atoms with Gasteiger partial charge in [0.1, 0.15) is 18.1 Å². The van der Waals surface area contributed by atoms with Crippen LogP contribution in [0.3, 0.4) is 0 Å². The fourth-order valence-corrected chi connectivity index (χ4v) is 2.17. The van der Waals surface area contributed by atoms with Crippen LogP contribution in [0.1, 0.15) is 11.1 Å². The minimum atomic E-state index is -0.126. The molecule has 0 aliphatic heterocycles. The summed E-state index contributed by atoms with van der Waals surface area (Å²) in [6.45, 7) is 3.45. The molecule has 0 aromatic heterocycles. The first-order valence-electron chi connectivity index (χ1n) is 7.90. The van der Waals surface area contributed by atoms with E-state index in [0.717, 1.165) is 22.6 Å². The van der Waals surface area contributed by atoms with Crippen molar-refractivity contribution in [3.8, 4) is 11.5 Å². The summed E-state index contributed by atoms with van der Waals surface area (Å²) < 4.78 is 10.8. The predicted molar refractivity (Wildman–Crippen MR) is 94.5 cm³/mol. The number of nitrogens with one attached hydrogen (secondary N) is 1. The lowest BCUT2D eigenvalue weighted by Crippen LogP contribution is -2.39. The van der Waals surface area contributed by atoms with Crippen LogP contribution in [0.25, 0.3) is 0 Å². The van der Waals surface area contributed by atoms with Crippen LogP contribution in [0.5, 0.6) is 11.5 Å². The predicted octanol–water partition coefficient (Wildman–Crippen LogP) is 3.22. The number of hydrogen-bond donors (Lipinski definition) is 1. The molecule has 0 aliphatic rings. The van der Waals surface area contributed by atoms with Crippen LogP contribution in [0.15, 0.2) is 48.5 Å². The van der Waals surface area contributed by atoms with Gasteiger partial charge < -0.3 is 19.7 Å². The minimum Gasteiger partial charge on any atom is -0.497 e. The summed E-state index contributed by atoms with van der Waals surface area (Å²) in [5.74, 6) is 1.65. The summed E-state index contributed by atoms with van der Waals surface area (Å²) in [5, 5.41) is 2.89. The molecule has 0 saturated heterocycles. The summed E-state index contributed by atoms with van der Waals surface area (Å²) in [6.07, 6.45) is 0. The van der Waals surface area contributed by atoms with Gasteiger partial charge >= 0.3 is 6.03 Å². The lowest BCUT2D eigenvalue weighted by Gasteiger charge is -2.18. The Morgan fingerprint density at radius 3 is 2.50 bits per heavy atom. The fraction of sp³-hybridized carbons (Fsp3) is 0.316. The normalized spacial score (nSPS) is 10.1. The van der Waals surface area contributed by atoms with Gasteiger partial charge in [-0.2, -0.15) is 0 Å². The SMILES string of the molecule is COc1ccc(CNC(=O)N(C)CCOc2ccccc2C)cc1. The number of benzene rings is 2. The lowest BCUT2D eigenvalue weighted by atomic mass is 10.2. The molecule has 0 fully saturated rings. The molecule has 0 spiro atoms. The Labute approximate surface area is 143 Å². The molecule has 5 heteroatoms. The van der Waals surface area contributed by atoms with Crippen LogP contribution < -0.4 is 14.8 Å². The third kappa shape index (κ3) is 5.19. The third-order valence-electron chi connectivity index (χ3n) is 3.73. The molecule has 2 aromatic carbocycles. The maximum Gasteiger partial charge on any atom is 0.317 e. The summed E-state index contributed by atoms with van der Waals surface area (Å²) in [4.78, 5) is 13.7. The second kappa shape index (κ2) is 8.82. The van der Waals surface area contributed by atoms with Gasteiger partial charge in [0.2, 0.25) is 0 Å². The highest BCUT2D eigenvalue weighted by Crippen LogP contribution is 2.15. The van der Waals surface area contributed by atoms with E-state index in [2.05, 4.69) is 5.32 Å². The topological polar surface area (TPSA) is 50.8 Å². The summed E-state index contributed by atoms with van der Waals surface area (Å²) in [6, 6.07) is 15.3. The molecule has 2 aromatic rings. The Bertz CT molecular complexity index is 656. The second-order valence-electron chi connectivity index (χ2n) is 5.54. The van der Waals surface area contributed by atoms with E-state index in [-0.39, 0.29) is 6.03 Å². The van der Waals surface area contributed by atoms with Gasteiger partial charge in [-0.25, -0.2) is 4.79 Å². The van der Waals surface area contributed by atoms with Crippen molar-refractivity contribution in [2.45, 2.75) is 13.5 Å². The van der Waals surface area contributed by atoms with Gasteiger partial charge in [0.15, 0.2) is 0 Å². The number of urea groups is 1. The van der Waals surface area contributed by atoms with Crippen LogP contribution in [-0.2, 0) is 6.54 Å². The fourth-order valence-electron chi connectivity index (χ4n) is 2.17. The molecule has 0 radical (unpaired) electrons. The van der Waals surface area contributed by atoms with Crippen molar-refractivity contribution >= 4 is 6.03 Å². The molecule has 0 heterocycles.